The van der Waals surface area contributed by atoms with Crippen molar-refractivity contribution >= 4 is 38.4 Å². The first-order valence-corrected chi connectivity index (χ1v) is 6.85. The molecule has 1 heterocycles. The molecule has 17 heavy (non-hydrogen) atoms. The zero-order valence-corrected chi connectivity index (χ0v) is 12.8. The van der Waals surface area contributed by atoms with E-state index in [1.54, 1.807) is 0 Å². The van der Waals surface area contributed by atoms with Crippen molar-refractivity contribution in [2.45, 2.75) is 33.6 Å². The molecule has 0 atom stereocenters. The van der Waals surface area contributed by atoms with Gasteiger partial charge in [-0.1, -0.05) is 37.6 Å². The number of halogens is 2. The fraction of sp³-hybridized carbons (Fsp3) is 0.357. The number of benzene rings is 1. The van der Waals surface area contributed by atoms with Crippen LogP contribution in [0.25, 0.3) is 10.9 Å². The van der Waals surface area contributed by atoms with Gasteiger partial charge in [0, 0.05) is 15.6 Å². The highest BCUT2D eigenvalue weighted by Crippen LogP contribution is 2.36. The van der Waals surface area contributed by atoms with Crippen LogP contribution in [-0.4, -0.2) is 4.98 Å². The zero-order chi connectivity index (χ0) is 12.7. The molecule has 2 aromatic rings. The molecule has 0 saturated heterocycles. The molecule has 0 aliphatic carbocycles. The van der Waals surface area contributed by atoms with Crippen LogP contribution >= 0.6 is 27.5 Å². The molecule has 0 unspecified atom stereocenters. The Kier molecular flexibility index (Phi) is 3.46. The summed E-state index contributed by atoms with van der Waals surface area (Å²) in [5.41, 5.74) is 4.30. The Labute approximate surface area is 115 Å². The van der Waals surface area contributed by atoms with Gasteiger partial charge in [0.2, 0.25) is 0 Å². The Morgan fingerprint density at radius 1 is 1.24 bits per heavy atom. The molecule has 0 amide bonds. The minimum absolute atomic E-state index is 0.388. The monoisotopic (exact) mass is 311 g/mol. The Morgan fingerprint density at radius 3 is 2.47 bits per heavy atom. The molecule has 1 aromatic carbocycles. The van der Waals surface area contributed by atoms with Crippen molar-refractivity contribution in [2.24, 2.45) is 0 Å². The van der Waals surface area contributed by atoms with Gasteiger partial charge in [0.15, 0.2) is 0 Å². The van der Waals surface area contributed by atoms with E-state index < -0.39 is 0 Å². The fourth-order valence-corrected chi connectivity index (χ4v) is 3.10. The summed E-state index contributed by atoms with van der Waals surface area (Å²) in [7, 11) is 0. The normalized spacial score (nSPS) is 11.5. The van der Waals surface area contributed by atoms with E-state index in [0.29, 0.717) is 5.92 Å². The van der Waals surface area contributed by atoms with Crippen LogP contribution in [-0.2, 0) is 0 Å². The lowest BCUT2D eigenvalue weighted by atomic mass is 9.99. The third-order valence-corrected chi connectivity index (χ3v) is 4.44. The molecule has 0 fully saturated rings. The molecule has 3 heteroatoms. The van der Waals surface area contributed by atoms with E-state index >= 15 is 0 Å². The average Bonchev–Trinajstić information content (AvgIpc) is 2.23. The Morgan fingerprint density at radius 2 is 1.88 bits per heavy atom. The number of rotatable bonds is 1. The third-order valence-electron chi connectivity index (χ3n) is 3.03. The smallest absolute Gasteiger partial charge is 0.0864 e. The van der Waals surface area contributed by atoms with Gasteiger partial charge in [0.25, 0.3) is 0 Å². The molecule has 1 aromatic heterocycles. The predicted molar refractivity (Wildman–Crippen MR) is 78.0 cm³/mol. The second kappa shape index (κ2) is 4.58. The topological polar surface area (TPSA) is 12.9 Å². The first-order valence-electron chi connectivity index (χ1n) is 5.68. The highest BCUT2D eigenvalue weighted by atomic mass is 79.9. The summed E-state index contributed by atoms with van der Waals surface area (Å²) in [6, 6.07) is 4.12. The fourth-order valence-electron chi connectivity index (χ4n) is 2.15. The highest BCUT2D eigenvalue weighted by molar-refractivity contribution is 9.10. The molecule has 0 radical (unpaired) electrons. The first kappa shape index (κ1) is 12.8. The summed E-state index contributed by atoms with van der Waals surface area (Å²) < 4.78 is 1.04. The molecule has 1 nitrogen and oxygen atoms in total. The van der Waals surface area contributed by atoms with Crippen LogP contribution in [0.4, 0.5) is 0 Å². The van der Waals surface area contributed by atoms with Crippen molar-refractivity contribution in [3.8, 4) is 0 Å². The van der Waals surface area contributed by atoms with Gasteiger partial charge in [-0.2, -0.15) is 0 Å². The van der Waals surface area contributed by atoms with E-state index in [1.807, 2.05) is 6.92 Å². The van der Waals surface area contributed by atoms with Gasteiger partial charge in [-0.25, -0.2) is 0 Å². The summed E-state index contributed by atoms with van der Waals surface area (Å²) in [6.07, 6.45) is 0. The number of fused-ring (bicyclic) bond motifs is 1. The molecule has 0 aliphatic heterocycles. The van der Waals surface area contributed by atoms with E-state index in [-0.39, 0.29) is 0 Å². The largest absolute Gasteiger partial charge is 0.252 e. The minimum Gasteiger partial charge on any atom is -0.252 e. The van der Waals surface area contributed by atoms with Crippen LogP contribution in [0.2, 0.25) is 5.02 Å². The predicted octanol–water partition coefficient (Wildman–Crippen LogP) is 5.39. The quantitative estimate of drug-likeness (QED) is 0.688. The van der Waals surface area contributed by atoms with E-state index in [9.17, 15) is 0 Å². The van der Waals surface area contributed by atoms with Crippen molar-refractivity contribution in [2.75, 3.05) is 0 Å². The van der Waals surface area contributed by atoms with Gasteiger partial charge in [0.1, 0.15) is 0 Å². The van der Waals surface area contributed by atoms with Crippen molar-refractivity contribution in [1.29, 1.82) is 0 Å². The van der Waals surface area contributed by atoms with E-state index in [4.69, 9.17) is 11.6 Å². The van der Waals surface area contributed by atoms with Crippen LogP contribution in [0.1, 0.15) is 36.6 Å². The van der Waals surface area contributed by atoms with Crippen molar-refractivity contribution in [3.05, 3.63) is 38.4 Å². The number of nitrogens with zero attached hydrogens (tertiary/aromatic N) is 1. The third kappa shape index (κ3) is 2.09. The van der Waals surface area contributed by atoms with Crippen molar-refractivity contribution < 1.29 is 0 Å². The standard InChI is InChI=1S/C14H15BrClN/c1-7(2)11-9(4)17-14-10(13(11)16)6-5-8(3)12(14)15/h5-7H,1-4H3. The van der Waals surface area contributed by atoms with Crippen molar-refractivity contribution in [1.82, 2.24) is 4.98 Å². The van der Waals surface area contributed by atoms with Gasteiger partial charge in [-0.15, -0.1) is 0 Å². The molecular formula is C14H15BrClN. The van der Waals surface area contributed by atoms with Gasteiger partial charge in [-0.3, -0.25) is 4.98 Å². The van der Waals surface area contributed by atoms with E-state index in [0.717, 1.165) is 31.7 Å². The number of pyridine rings is 1. The van der Waals surface area contributed by atoms with Gasteiger partial charge < -0.3 is 0 Å². The molecule has 90 valence electrons. The Bertz CT molecular complexity index is 591. The van der Waals surface area contributed by atoms with Crippen LogP contribution in [0.5, 0.6) is 0 Å². The summed E-state index contributed by atoms with van der Waals surface area (Å²) >= 11 is 10.1. The lowest BCUT2D eigenvalue weighted by Gasteiger charge is -2.15. The summed E-state index contributed by atoms with van der Waals surface area (Å²) in [6.45, 7) is 8.37. The maximum Gasteiger partial charge on any atom is 0.0864 e. The number of aromatic nitrogens is 1. The zero-order valence-electron chi connectivity index (χ0n) is 10.4. The summed E-state index contributed by atoms with van der Waals surface area (Å²) in [5, 5.41) is 1.86. The van der Waals surface area contributed by atoms with E-state index in [1.165, 1.54) is 5.56 Å². The van der Waals surface area contributed by atoms with Gasteiger partial charge in [0.05, 0.1) is 10.5 Å². The van der Waals surface area contributed by atoms with Gasteiger partial charge >= 0.3 is 0 Å². The maximum atomic E-state index is 6.51. The molecule has 0 spiro atoms. The van der Waals surface area contributed by atoms with Crippen molar-refractivity contribution in [3.63, 3.8) is 0 Å². The molecule has 0 bridgehead atoms. The van der Waals surface area contributed by atoms with Crippen LogP contribution in [0.3, 0.4) is 0 Å². The minimum atomic E-state index is 0.388. The van der Waals surface area contributed by atoms with Crippen LogP contribution in [0.15, 0.2) is 16.6 Å². The summed E-state index contributed by atoms with van der Waals surface area (Å²) in [4.78, 5) is 4.69. The molecule has 0 aliphatic rings. The van der Waals surface area contributed by atoms with E-state index in [2.05, 4.69) is 53.8 Å². The molecule has 2 rings (SSSR count). The van der Waals surface area contributed by atoms with Gasteiger partial charge in [-0.05, 0) is 46.8 Å². The summed E-state index contributed by atoms with van der Waals surface area (Å²) in [5.74, 6) is 0.388. The number of hydrogen-bond acceptors (Lipinski definition) is 1. The Hall–Kier alpha value is -0.600. The lowest BCUT2D eigenvalue weighted by Crippen LogP contribution is -1.99. The second-order valence-corrected chi connectivity index (χ2v) is 5.84. The number of aryl methyl sites for hydroxylation is 2. The lowest BCUT2D eigenvalue weighted by molar-refractivity contribution is 0.848. The van der Waals surface area contributed by atoms with Crippen LogP contribution < -0.4 is 0 Å². The maximum absolute atomic E-state index is 6.51. The molecular weight excluding hydrogens is 298 g/mol. The SMILES string of the molecule is Cc1ccc2c(Cl)c(C(C)C)c(C)nc2c1Br. The van der Waals surface area contributed by atoms with Crippen LogP contribution in [0, 0.1) is 13.8 Å². The molecule has 0 saturated carbocycles. The average molecular weight is 313 g/mol. The Balaban J connectivity index is 2.91. The number of hydrogen-bond donors (Lipinski definition) is 0. The molecule has 0 N–H and O–H groups in total. The second-order valence-electron chi connectivity index (χ2n) is 4.67. The first-order chi connectivity index (χ1) is 7.93. The highest BCUT2D eigenvalue weighted by Gasteiger charge is 2.15.